The number of nitrogens with zero attached hydrogens (tertiary/aromatic N) is 5. The minimum absolute atomic E-state index is 0.170. The molecule has 3 aromatic rings. The van der Waals surface area contributed by atoms with Crippen LogP contribution in [0.4, 0.5) is 5.82 Å². The number of methoxy groups -OCH3 is 1. The van der Waals surface area contributed by atoms with Crippen molar-refractivity contribution in [3.63, 3.8) is 0 Å². The zero-order valence-corrected chi connectivity index (χ0v) is 22.1. The van der Waals surface area contributed by atoms with Crippen LogP contribution < -0.4 is 17.0 Å². The van der Waals surface area contributed by atoms with Crippen molar-refractivity contribution >= 4 is 35.5 Å². The van der Waals surface area contributed by atoms with E-state index in [9.17, 15) is 24.7 Å². The number of ether oxygens (including phenoxy) is 3. The van der Waals surface area contributed by atoms with E-state index in [0.29, 0.717) is 11.2 Å². The Morgan fingerprint density at radius 1 is 1.23 bits per heavy atom. The number of hydrogen-bond acceptors (Lipinski definition) is 14. The highest BCUT2D eigenvalue weighted by Gasteiger charge is 2.49. The number of aromatic nitrogens is 6. The number of nitrogens with one attached hydrogen (secondary N) is 1. The van der Waals surface area contributed by atoms with Crippen molar-refractivity contribution in [1.82, 2.24) is 29.1 Å². The van der Waals surface area contributed by atoms with Crippen molar-refractivity contribution in [2.75, 3.05) is 26.1 Å². The molecule has 0 amide bonds. The lowest BCUT2D eigenvalue weighted by Gasteiger charge is -2.27. The normalized spacial score (nSPS) is 30.6. The van der Waals surface area contributed by atoms with Gasteiger partial charge >= 0.3 is 12.4 Å². The van der Waals surface area contributed by atoms with Crippen molar-refractivity contribution < 1.29 is 38.4 Å². The second-order valence-corrected chi connectivity index (χ2v) is 11.6. The standard InChI is InChI=1S/C20H26N7O10PS/c1-33-16-15(10(5-28)36-19(16)26-3-2-12(30)25-20(26)31)37-38(32,39)34-6-11-9(29)4-13(35-11)27-8-24-14-17(21)22-7-23-18(14)27/h2-3,7-11,13,15-16,19,28-29H,4-6H2,1H3,(H,32,39)(H2,21,22,23)(H,25,30,31)/t9?,10-,11-,13-,15+,16?,19-,38?/m1/s1. The summed E-state index contributed by atoms with van der Waals surface area (Å²) in [7, 11) is 1.32. The Morgan fingerprint density at radius 3 is 2.74 bits per heavy atom. The van der Waals surface area contributed by atoms with Gasteiger partial charge in [-0.3, -0.25) is 23.4 Å². The van der Waals surface area contributed by atoms with E-state index in [-0.39, 0.29) is 18.8 Å². The highest BCUT2D eigenvalue weighted by molar-refractivity contribution is 8.07. The summed E-state index contributed by atoms with van der Waals surface area (Å²) < 4.78 is 30.9. The number of aromatic amines is 1. The van der Waals surface area contributed by atoms with Gasteiger partial charge in [0.15, 0.2) is 17.7 Å². The molecule has 3 unspecified atom stereocenters. The fourth-order valence-corrected chi connectivity index (χ4v) is 5.99. The molecule has 0 aromatic carbocycles. The maximum Gasteiger partial charge on any atom is 0.330 e. The van der Waals surface area contributed by atoms with Gasteiger partial charge in [0.2, 0.25) is 0 Å². The minimum atomic E-state index is -4.02. The molecule has 2 fully saturated rings. The Balaban J connectivity index is 1.26. The zero-order valence-electron chi connectivity index (χ0n) is 20.3. The molecule has 0 aliphatic carbocycles. The number of fused-ring (bicyclic) bond motifs is 1. The van der Waals surface area contributed by atoms with E-state index in [4.69, 9.17) is 40.8 Å². The Labute approximate surface area is 224 Å². The van der Waals surface area contributed by atoms with Gasteiger partial charge in [0.1, 0.15) is 42.5 Å². The van der Waals surface area contributed by atoms with E-state index in [2.05, 4.69) is 19.9 Å². The molecule has 2 aliphatic heterocycles. The largest absolute Gasteiger partial charge is 0.394 e. The van der Waals surface area contributed by atoms with Gasteiger partial charge in [-0.15, -0.1) is 0 Å². The van der Waals surface area contributed by atoms with E-state index in [1.165, 1.54) is 26.0 Å². The molecule has 17 nitrogen and oxygen atoms in total. The van der Waals surface area contributed by atoms with E-state index >= 15 is 0 Å². The van der Waals surface area contributed by atoms with Crippen molar-refractivity contribution in [2.45, 2.75) is 49.4 Å². The van der Waals surface area contributed by atoms with Crippen LogP contribution in [0.15, 0.2) is 34.5 Å². The highest BCUT2D eigenvalue weighted by Crippen LogP contribution is 2.49. The lowest BCUT2D eigenvalue weighted by molar-refractivity contribution is -0.0625. The summed E-state index contributed by atoms with van der Waals surface area (Å²) >= 11 is 5.17. The molecule has 5 heterocycles. The first-order valence-electron chi connectivity index (χ1n) is 11.6. The van der Waals surface area contributed by atoms with E-state index in [1.54, 1.807) is 4.57 Å². The van der Waals surface area contributed by atoms with Crippen LogP contribution in [-0.4, -0.2) is 95.0 Å². The van der Waals surface area contributed by atoms with Gasteiger partial charge in [-0.1, -0.05) is 0 Å². The summed E-state index contributed by atoms with van der Waals surface area (Å²) in [5.74, 6) is 0.203. The number of imidazole rings is 1. The molecule has 6 N–H and O–H groups in total. The van der Waals surface area contributed by atoms with Gasteiger partial charge in [0.05, 0.1) is 25.6 Å². The Hall–Kier alpha value is -2.64. The molecule has 8 atom stereocenters. The second kappa shape index (κ2) is 11.1. The van der Waals surface area contributed by atoms with Crippen molar-refractivity contribution in [1.29, 1.82) is 0 Å². The van der Waals surface area contributed by atoms with Crippen LogP contribution in [0.25, 0.3) is 11.2 Å². The maximum atomic E-state index is 12.3. The molecule has 2 saturated heterocycles. The summed E-state index contributed by atoms with van der Waals surface area (Å²) in [6.07, 6.45) is -2.72. The number of rotatable bonds is 9. The fourth-order valence-electron chi connectivity index (χ4n) is 4.55. The molecule has 39 heavy (non-hydrogen) atoms. The van der Waals surface area contributed by atoms with Gasteiger partial charge in [-0.25, -0.2) is 19.7 Å². The molecule has 5 rings (SSSR count). The number of anilines is 1. The molecule has 0 saturated carbocycles. The predicted molar refractivity (Wildman–Crippen MR) is 135 cm³/mol. The number of hydrogen-bond donors (Lipinski definition) is 5. The quantitative estimate of drug-likeness (QED) is 0.173. The van der Waals surface area contributed by atoms with Crippen LogP contribution in [0.5, 0.6) is 0 Å². The Morgan fingerprint density at radius 2 is 2.03 bits per heavy atom. The van der Waals surface area contributed by atoms with Crippen LogP contribution in [-0.2, 0) is 35.1 Å². The van der Waals surface area contributed by atoms with Crippen molar-refractivity contribution in [2.24, 2.45) is 0 Å². The molecule has 19 heteroatoms. The van der Waals surface area contributed by atoms with Crippen LogP contribution in [0.2, 0.25) is 0 Å². The number of aliphatic hydroxyl groups is 2. The highest BCUT2D eigenvalue weighted by atomic mass is 32.5. The summed E-state index contributed by atoms with van der Waals surface area (Å²) in [6, 6.07) is 1.12. The van der Waals surface area contributed by atoms with Crippen LogP contribution in [0, 0.1) is 0 Å². The molecule has 0 bridgehead atoms. The van der Waals surface area contributed by atoms with Crippen LogP contribution in [0.1, 0.15) is 18.9 Å². The van der Waals surface area contributed by atoms with E-state index in [1.807, 2.05) is 0 Å². The lowest BCUT2D eigenvalue weighted by atomic mass is 10.1. The van der Waals surface area contributed by atoms with Crippen molar-refractivity contribution in [3.05, 3.63) is 45.8 Å². The van der Waals surface area contributed by atoms with Gasteiger partial charge in [0, 0.05) is 25.8 Å². The first-order chi connectivity index (χ1) is 18.6. The van der Waals surface area contributed by atoms with E-state index in [0.717, 1.165) is 10.6 Å². The SMILES string of the molecule is COC1[C@@H](OP(O)(=S)OC[C@H]2O[C@@H](n3cnc4c(N)ncnc43)CC2O)[C@@H](CO)O[C@H]1n1ccc(=O)[nH]c1=O. The maximum absolute atomic E-state index is 12.3. The third-order valence-electron chi connectivity index (χ3n) is 6.42. The second-order valence-electron chi connectivity index (χ2n) is 8.81. The van der Waals surface area contributed by atoms with Crippen LogP contribution >= 0.6 is 6.72 Å². The molecular weight excluding hydrogens is 561 g/mol. The first-order valence-corrected chi connectivity index (χ1v) is 14.2. The monoisotopic (exact) mass is 587 g/mol. The van der Waals surface area contributed by atoms with Crippen LogP contribution in [0.3, 0.4) is 0 Å². The number of nitrogen functional groups attached to an aromatic ring is 1. The first kappa shape index (κ1) is 27.9. The summed E-state index contributed by atoms with van der Waals surface area (Å²) in [4.78, 5) is 48.9. The van der Waals surface area contributed by atoms with Gasteiger partial charge in [0.25, 0.3) is 5.56 Å². The minimum Gasteiger partial charge on any atom is -0.394 e. The number of H-pyrrole nitrogens is 1. The topological polar surface area (TPSA) is 231 Å². The lowest BCUT2D eigenvalue weighted by Crippen LogP contribution is -2.40. The Bertz CT molecular complexity index is 1500. The molecule has 0 radical (unpaired) electrons. The average Bonchev–Trinajstić information content (AvgIpc) is 3.58. The number of aliphatic hydroxyl groups excluding tert-OH is 2. The summed E-state index contributed by atoms with van der Waals surface area (Å²) in [5.41, 5.74) is 5.27. The van der Waals surface area contributed by atoms with Gasteiger partial charge < -0.3 is 39.6 Å². The number of nitrogens with two attached hydrogens (primary N) is 1. The predicted octanol–water partition coefficient (Wildman–Crippen LogP) is -1.87. The van der Waals surface area contributed by atoms with Crippen molar-refractivity contribution in [3.8, 4) is 0 Å². The smallest absolute Gasteiger partial charge is 0.330 e. The average molecular weight is 588 g/mol. The van der Waals surface area contributed by atoms with Gasteiger partial charge in [-0.05, 0) is 11.8 Å². The molecular formula is C20H26N7O10PS. The fraction of sp³-hybridized carbons (Fsp3) is 0.550. The molecule has 2 aliphatic rings. The van der Waals surface area contributed by atoms with Gasteiger partial charge in [-0.2, -0.15) is 0 Å². The third-order valence-corrected chi connectivity index (χ3v) is 7.98. The molecule has 0 spiro atoms. The van der Waals surface area contributed by atoms with E-state index < -0.39 is 67.6 Å². The molecule has 212 valence electrons. The third kappa shape index (κ3) is 5.53. The summed E-state index contributed by atoms with van der Waals surface area (Å²) in [5, 5.41) is 20.4. The Kier molecular flexibility index (Phi) is 7.93. The zero-order chi connectivity index (χ0) is 27.9. The summed E-state index contributed by atoms with van der Waals surface area (Å²) in [6.45, 7) is -4.90. The molecule has 3 aromatic heterocycles.